The highest BCUT2D eigenvalue weighted by Crippen LogP contribution is 2.12. The van der Waals surface area contributed by atoms with Crippen molar-refractivity contribution < 1.29 is 9.90 Å². The second-order valence-electron chi connectivity index (χ2n) is 4.95. The van der Waals surface area contributed by atoms with Crippen LogP contribution >= 0.6 is 0 Å². The smallest absolute Gasteiger partial charge is 0.220 e. The van der Waals surface area contributed by atoms with Gasteiger partial charge in [0.1, 0.15) is 0 Å². The summed E-state index contributed by atoms with van der Waals surface area (Å²) in [7, 11) is 0. The Bertz CT molecular complexity index is 567. The molecule has 0 heterocycles. The van der Waals surface area contributed by atoms with Gasteiger partial charge in [-0.3, -0.25) is 4.79 Å². The van der Waals surface area contributed by atoms with Gasteiger partial charge < -0.3 is 16.2 Å². The maximum atomic E-state index is 12.0. The van der Waals surface area contributed by atoms with E-state index in [1.54, 1.807) is 0 Å². The van der Waals surface area contributed by atoms with Crippen molar-refractivity contribution in [3.8, 4) is 0 Å². The van der Waals surface area contributed by atoms with Gasteiger partial charge in [0, 0.05) is 12.1 Å². The summed E-state index contributed by atoms with van der Waals surface area (Å²) in [6.45, 7) is -0.113. The lowest BCUT2D eigenvalue weighted by molar-refractivity contribution is -0.122. The van der Waals surface area contributed by atoms with Crippen LogP contribution in [0.3, 0.4) is 0 Å². The van der Waals surface area contributed by atoms with E-state index < -0.39 is 0 Å². The molecule has 0 saturated carbocycles. The van der Waals surface area contributed by atoms with Crippen LogP contribution in [-0.2, 0) is 11.2 Å². The summed E-state index contributed by atoms with van der Waals surface area (Å²) in [6, 6.07) is 16.6. The lowest BCUT2D eigenvalue weighted by Gasteiger charge is -2.16. The van der Waals surface area contributed by atoms with E-state index >= 15 is 0 Å². The molecule has 0 unspecified atom stereocenters. The Labute approximate surface area is 124 Å². The number of amides is 1. The molecule has 4 N–H and O–H groups in total. The molecular weight excluding hydrogens is 264 g/mol. The zero-order chi connectivity index (χ0) is 15.1. The average Bonchev–Trinajstić information content (AvgIpc) is 2.53. The van der Waals surface area contributed by atoms with Crippen molar-refractivity contribution in [3.05, 3.63) is 65.7 Å². The summed E-state index contributed by atoms with van der Waals surface area (Å²) < 4.78 is 0. The SMILES string of the molecule is Nc1ccc(CCC(=O)N[C@H](CO)c2ccccc2)cc1. The first-order valence-electron chi connectivity index (χ1n) is 6.98. The van der Waals surface area contributed by atoms with Gasteiger partial charge in [-0.15, -0.1) is 0 Å². The number of aliphatic hydroxyl groups is 1. The van der Waals surface area contributed by atoms with Gasteiger partial charge in [0.2, 0.25) is 5.91 Å². The van der Waals surface area contributed by atoms with Crippen LogP contribution in [0.4, 0.5) is 5.69 Å². The first-order valence-corrected chi connectivity index (χ1v) is 6.98. The Hall–Kier alpha value is -2.33. The Morgan fingerprint density at radius 2 is 1.76 bits per heavy atom. The number of benzene rings is 2. The van der Waals surface area contributed by atoms with Crippen LogP contribution in [0.1, 0.15) is 23.6 Å². The van der Waals surface area contributed by atoms with Crippen molar-refractivity contribution in [2.24, 2.45) is 0 Å². The zero-order valence-corrected chi connectivity index (χ0v) is 11.8. The molecule has 0 bridgehead atoms. The molecule has 0 aliphatic heterocycles. The molecular formula is C17H20N2O2. The average molecular weight is 284 g/mol. The van der Waals surface area contributed by atoms with Crippen LogP contribution in [0.25, 0.3) is 0 Å². The highest BCUT2D eigenvalue weighted by molar-refractivity contribution is 5.76. The normalized spacial score (nSPS) is 11.9. The van der Waals surface area contributed by atoms with E-state index in [0.29, 0.717) is 18.5 Å². The highest BCUT2D eigenvalue weighted by atomic mass is 16.3. The molecule has 2 aromatic carbocycles. The lowest BCUT2D eigenvalue weighted by atomic mass is 10.1. The molecule has 0 aromatic heterocycles. The van der Waals surface area contributed by atoms with Crippen LogP contribution in [0, 0.1) is 0 Å². The molecule has 1 atom stereocenters. The fourth-order valence-corrected chi connectivity index (χ4v) is 2.13. The molecule has 0 radical (unpaired) electrons. The summed E-state index contributed by atoms with van der Waals surface area (Å²) in [4.78, 5) is 12.0. The van der Waals surface area contributed by atoms with E-state index in [0.717, 1.165) is 11.1 Å². The third-order valence-electron chi connectivity index (χ3n) is 3.34. The van der Waals surface area contributed by atoms with Gasteiger partial charge in [-0.2, -0.15) is 0 Å². The molecule has 4 nitrogen and oxygen atoms in total. The Balaban J connectivity index is 1.87. The van der Waals surface area contributed by atoms with Crippen LogP contribution in [0.2, 0.25) is 0 Å². The topological polar surface area (TPSA) is 75.4 Å². The number of carbonyl (C=O) groups excluding carboxylic acids is 1. The first-order chi connectivity index (χ1) is 10.2. The molecule has 0 aliphatic rings. The lowest BCUT2D eigenvalue weighted by Crippen LogP contribution is -2.30. The van der Waals surface area contributed by atoms with Crippen molar-refractivity contribution in [2.45, 2.75) is 18.9 Å². The fraction of sp³-hybridized carbons (Fsp3) is 0.235. The number of anilines is 1. The molecule has 2 rings (SSSR count). The van der Waals surface area contributed by atoms with Crippen LogP contribution in [-0.4, -0.2) is 17.6 Å². The Morgan fingerprint density at radius 1 is 1.10 bits per heavy atom. The molecule has 0 fully saturated rings. The van der Waals surface area contributed by atoms with E-state index in [4.69, 9.17) is 5.73 Å². The standard InChI is InChI=1S/C17H20N2O2/c18-15-9-6-13(7-10-15)8-11-17(21)19-16(12-20)14-4-2-1-3-5-14/h1-7,9-10,16,20H,8,11-12,18H2,(H,19,21)/t16-/m1/s1. The number of aliphatic hydroxyl groups excluding tert-OH is 1. The summed E-state index contributed by atoms with van der Waals surface area (Å²) in [6.07, 6.45) is 1.03. The Morgan fingerprint density at radius 3 is 2.38 bits per heavy atom. The van der Waals surface area contributed by atoms with Gasteiger partial charge in [-0.1, -0.05) is 42.5 Å². The molecule has 0 aliphatic carbocycles. The summed E-state index contributed by atoms with van der Waals surface area (Å²) in [5.74, 6) is -0.0743. The molecule has 0 saturated heterocycles. The highest BCUT2D eigenvalue weighted by Gasteiger charge is 2.13. The van der Waals surface area contributed by atoms with Gasteiger partial charge in [-0.05, 0) is 29.7 Å². The molecule has 21 heavy (non-hydrogen) atoms. The Kier molecular flexibility index (Phi) is 5.35. The number of nitrogen functional groups attached to an aromatic ring is 1. The number of nitrogens with two attached hydrogens (primary N) is 1. The van der Waals surface area contributed by atoms with Gasteiger partial charge in [0.25, 0.3) is 0 Å². The minimum Gasteiger partial charge on any atom is -0.399 e. The number of nitrogens with one attached hydrogen (secondary N) is 1. The number of rotatable bonds is 6. The summed E-state index contributed by atoms with van der Waals surface area (Å²) in [5.41, 5.74) is 8.31. The van der Waals surface area contributed by atoms with Gasteiger partial charge in [0.05, 0.1) is 12.6 Å². The number of hydrogen-bond donors (Lipinski definition) is 3. The maximum absolute atomic E-state index is 12.0. The quantitative estimate of drug-likeness (QED) is 0.711. The minimum atomic E-state index is -0.356. The first kappa shape index (κ1) is 15.1. The van der Waals surface area contributed by atoms with Crippen molar-refractivity contribution in [1.82, 2.24) is 5.32 Å². The monoisotopic (exact) mass is 284 g/mol. The number of hydrogen-bond acceptors (Lipinski definition) is 3. The van der Waals surface area contributed by atoms with Crippen LogP contribution in [0.5, 0.6) is 0 Å². The molecule has 4 heteroatoms. The van der Waals surface area contributed by atoms with Crippen molar-refractivity contribution in [1.29, 1.82) is 0 Å². The fourth-order valence-electron chi connectivity index (χ4n) is 2.13. The molecule has 0 spiro atoms. The van der Waals surface area contributed by atoms with E-state index in [1.807, 2.05) is 54.6 Å². The van der Waals surface area contributed by atoms with Gasteiger partial charge in [0.15, 0.2) is 0 Å². The van der Waals surface area contributed by atoms with E-state index in [-0.39, 0.29) is 18.6 Å². The van der Waals surface area contributed by atoms with Crippen LogP contribution in [0.15, 0.2) is 54.6 Å². The van der Waals surface area contributed by atoms with Crippen LogP contribution < -0.4 is 11.1 Å². The third kappa shape index (κ3) is 4.61. The van der Waals surface area contributed by atoms with E-state index in [2.05, 4.69) is 5.32 Å². The zero-order valence-electron chi connectivity index (χ0n) is 11.8. The molecule has 1 amide bonds. The predicted molar refractivity (Wildman–Crippen MR) is 83.6 cm³/mol. The van der Waals surface area contributed by atoms with E-state index in [1.165, 1.54) is 0 Å². The predicted octanol–water partition coefficient (Wildman–Crippen LogP) is 2.05. The van der Waals surface area contributed by atoms with Crippen molar-refractivity contribution in [3.63, 3.8) is 0 Å². The maximum Gasteiger partial charge on any atom is 0.220 e. The summed E-state index contributed by atoms with van der Waals surface area (Å²) >= 11 is 0. The number of carbonyl (C=O) groups is 1. The minimum absolute atomic E-state index is 0.0743. The van der Waals surface area contributed by atoms with Crippen molar-refractivity contribution in [2.75, 3.05) is 12.3 Å². The summed E-state index contributed by atoms with van der Waals surface area (Å²) in [5, 5.41) is 12.3. The van der Waals surface area contributed by atoms with Gasteiger partial charge >= 0.3 is 0 Å². The third-order valence-corrected chi connectivity index (χ3v) is 3.34. The second kappa shape index (κ2) is 7.45. The number of aryl methyl sites for hydroxylation is 1. The van der Waals surface area contributed by atoms with Gasteiger partial charge in [-0.25, -0.2) is 0 Å². The van der Waals surface area contributed by atoms with Crippen molar-refractivity contribution >= 4 is 11.6 Å². The van der Waals surface area contributed by atoms with E-state index in [9.17, 15) is 9.90 Å². The second-order valence-corrected chi connectivity index (χ2v) is 4.95. The molecule has 2 aromatic rings. The largest absolute Gasteiger partial charge is 0.399 e. The molecule has 110 valence electrons.